The van der Waals surface area contributed by atoms with Gasteiger partial charge in [0.2, 0.25) is 5.90 Å². The molecule has 0 fully saturated rings. The van der Waals surface area contributed by atoms with Crippen LogP contribution in [0.25, 0.3) is 0 Å². The Morgan fingerprint density at radius 3 is 2.40 bits per heavy atom. The maximum Gasteiger partial charge on any atom is 0.236 e. The molecule has 0 aliphatic rings. The summed E-state index contributed by atoms with van der Waals surface area (Å²) < 4.78 is 6.08. The fourth-order valence-corrected chi connectivity index (χ4v) is 3.40. The first-order valence-electron chi connectivity index (χ1n) is 10.8. The van der Waals surface area contributed by atoms with Crippen molar-refractivity contribution in [1.82, 2.24) is 0 Å². The van der Waals surface area contributed by atoms with Gasteiger partial charge < -0.3 is 4.74 Å². The number of aryl methyl sites for hydroxylation is 2. The Balaban J connectivity index is 2.01. The van der Waals surface area contributed by atoms with Crippen molar-refractivity contribution in [3.63, 3.8) is 0 Å². The lowest BCUT2D eigenvalue weighted by molar-refractivity contribution is 0.290. The van der Waals surface area contributed by atoms with Crippen molar-refractivity contribution in [3.05, 3.63) is 82.4 Å². The number of hydrogen-bond donors (Lipinski definition) is 0. The molecule has 0 bridgehead atoms. The molecule has 0 heterocycles. The van der Waals surface area contributed by atoms with Crippen LogP contribution in [0.3, 0.4) is 0 Å². The van der Waals surface area contributed by atoms with E-state index in [1.807, 2.05) is 0 Å². The quantitative estimate of drug-likeness (QED) is 0.247. The molecule has 0 aliphatic heterocycles. The van der Waals surface area contributed by atoms with Crippen LogP contribution in [0.15, 0.2) is 70.4 Å². The number of ether oxygens (including phenoxy) is 1. The molecule has 160 valence electrons. The number of allylic oxidation sites excluding steroid dienone is 1. The SMILES string of the molecule is C=N/N=C(OCc1ccc(C(C)(C)C)cc1)/C(=C/CC)CCCc1cccc(C)c1. The second-order valence-corrected chi connectivity index (χ2v) is 8.76. The van der Waals surface area contributed by atoms with Crippen LogP contribution in [0, 0.1) is 6.92 Å². The molecule has 0 atom stereocenters. The van der Waals surface area contributed by atoms with Gasteiger partial charge in [-0.3, -0.25) is 0 Å². The molecule has 2 rings (SSSR count). The van der Waals surface area contributed by atoms with Crippen molar-refractivity contribution in [2.45, 2.75) is 72.3 Å². The Kier molecular flexibility index (Phi) is 9.04. The average Bonchev–Trinajstić information content (AvgIpc) is 2.70. The summed E-state index contributed by atoms with van der Waals surface area (Å²) in [7, 11) is 0. The van der Waals surface area contributed by atoms with Crippen LogP contribution >= 0.6 is 0 Å². The molecule has 0 unspecified atom stereocenters. The maximum atomic E-state index is 6.08. The van der Waals surface area contributed by atoms with Crippen molar-refractivity contribution in [2.24, 2.45) is 10.2 Å². The third-order valence-corrected chi connectivity index (χ3v) is 5.08. The van der Waals surface area contributed by atoms with E-state index in [2.05, 4.69) is 106 Å². The smallest absolute Gasteiger partial charge is 0.236 e. The van der Waals surface area contributed by atoms with E-state index >= 15 is 0 Å². The maximum absolute atomic E-state index is 6.08. The van der Waals surface area contributed by atoms with E-state index in [1.165, 1.54) is 16.7 Å². The fourth-order valence-electron chi connectivity index (χ4n) is 3.40. The summed E-state index contributed by atoms with van der Waals surface area (Å²) in [4.78, 5) is 0. The third-order valence-electron chi connectivity index (χ3n) is 5.08. The Labute approximate surface area is 182 Å². The van der Waals surface area contributed by atoms with Gasteiger partial charge in [0, 0.05) is 12.3 Å². The lowest BCUT2D eigenvalue weighted by Crippen LogP contribution is -2.11. The molecule has 0 aliphatic carbocycles. The first kappa shape index (κ1) is 23.6. The summed E-state index contributed by atoms with van der Waals surface area (Å²) in [5.74, 6) is 0.580. The highest BCUT2D eigenvalue weighted by atomic mass is 16.5. The van der Waals surface area contributed by atoms with E-state index < -0.39 is 0 Å². The van der Waals surface area contributed by atoms with Crippen molar-refractivity contribution in [2.75, 3.05) is 0 Å². The van der Waals surface area contributed by atoms with Gasteiger partial charge in [-0.2, -0.15) is 5.10 Å². The zero-order chi connectivity index (χ0) is 22.0. The second kappa shape index (κ2) is 11.5. The van der Waals surface area contributed by atoms with E-state index in [-0.39, 0.29) is 5.41 Å². The molecule has 0 saturated heterocycles. The van der Waals surface area contributed by atoms with Crippen LogP contribution in [0.5, 0.6) is 0 Å². The minimum Gasteiger partial charge on any atom is -0.472 e. The van der Waals surface area contributed by atoms with E-state index in [4.69, 9.17) is 4.74 Å². The summed E-state index contributed by atoms with van der Waals surface area (Å²) in [5, 5.41) is 7.94. The van der Waals surface area contributed by atoms with Gasteiger partial charge >= 0.3 is 0 Å². The molecule has 0 N–H and O–H groups in total. The lowest BCUT2D eigenvalue weighted by Gasteiger charge is -2.19. The zero-order valence-corrected chi connectivity index (χ0v) is 19.2. The van der Waals surface area contributed by atoms with Crippen LogP contribution in [0.1, 0.15) is 69.2 Å². The average molecular weight is 405 g/mol. The highest BCUT2D eigenvalue weighted by Gasteiger charge is 2.14. The lowest BCUT2D eigenvalue weighted by atomic mass is 9.87. The number of hydrogen-bond acceptors (Lipinski definition) is 3. The van der Waals surface area contributed by atoms with Gasteiger partial charge in [-0.15, -0.1) is 5.10 Å². The summed E-state index contributed by atoms with van der Waals surface area (Å²) in [6.07, 6.45) is 6.09. The highest BCUT2D eigenvalue weighted by Crippen LogP contribution is 2.23. The van der Waals surface area contributed by atoms with Crippen LogP contribution in [-0.4, -0.2) is 12.6 Å². The Hall–Kier alpha value is -2.68. The number of benzene rings is 2. The summed E-state index contributed by atoms with van der Waals surface area (Å²) in [6.45, 7) is 14.9. The Morgan fingerprint density at radius 1 is 1.07 bits per heavy atom. The monoisotopic (exact) mass is 404 g/mol. The molecule has 0 radical (unpaired) electrons. The predicted molar refractivity (Wildman–Crippen MR) is 129 cm³/mol. The van der Waals surface area contributed by atoms with Gasteiger partial charge in [0.25, 0.3) is 0 Å². The van der Waals surface area contributed by atoms with Gasteiger partial charge in [-0.05, 0) is 54.7 Å². The molecule has 0 amide bonds. The van der Waals surface area contributed by atoms with Crippen molar-refractivity contribution in [1.29, 1.82) is 0 Å². The molecule has 0 spiro atoms. The standard InChI is InChI=1S/C27H36N2O/c1-7-10-24(14-9-13-22-12-8-11-21(2)19-22)26(29-28-6)30-20-23-15-17-25(18-16-23)27(3,4)5/h8,10-12,15-19H,6-7,9,13-14,20H2,1-5H3/b24-10+,29-26-. The van der Waals surface area contributed by atoms with Gasteiger partial charge in [-0.1, -0.05) is 87.9 Å². The number of rotatable bonds is 9. The van der Waals surface area contributed by atoms with Crippen LogP contribution in [-0.2, 0) is 23.2 Å². The van der Waals surface area contributed by atoms with E-state index in [0.29, 0.717) is 12.5 Å². The van der Waals surface area contributed by atoms with Gasteiger partial charge in [0.15, 0.2) is 0 Å². The molecular formula is C27H36N2O. The van der Waals surface area contributed by atoms with E-state index in [9.17, 15) is 0 Å². The van der Waals surface area contributed by atoms with Gasteiger partial charge in [0.05, 0.1) is 0 Å². The van der Waals surface area contributed by atoms with E-state index in [1.54, 1.807) is 0 Å². The van der Waals surface area contributed by atoms with Crippen molar-refractivity contribution < 1.29 is 4.74 Å². The van der Waals surface area contributed by atoms with Crippen molar-refractivity contribution >= 4 is 12.6 Å². The minimum absolute atomic E-state index is 0.146. The fraction of sp³-hybridized carbons (Fsp3) is 0.407. The molecule has 3 nitrogen and oxygen atoms in total. The minimum atomic E-state index is 0.146. The molecule has 2 aromatic carbocycles. The van der Waals surface area contributed by atoms with Gasteiger partial charge in [0.1, 0.15) is 6.61 Å². The molecule has 3 heteroatoms. The summed E-state index contributed by atoms with van der Waals surface area (Å²) in [5.41, 5.74) is 6.35. The predicted octanol–water partition coefficient (Wildman–Crippen LogP) is 7.18. The van der Waals surface area contributed by atoms with Crippen LogP contribution in [0.4, 0.5) is 0 Å². The zero-order valence-electron chi connectivity index (χ0n) is 19.2. The molecule has 30 heavy (non-hydrogen) atoms. The van der Waals surface area contributed by atoms with Crippen LogP contribution in [0.2, 0.25) is 0 Å². The normalized spacial score (nSPS) is 12.7. The number of nitrogens with zero attached hydrogens (tertiary/aromatic N) is 2. The first-order chi connectivity index (χ1) is 14.3. The molecule has 0 saturated carbocycles. The Bertz CT molecular complexity index is 870. The second-order valence-electron chi connectivity index (χ2n) is 8.76. The van der Waals surface area contributed by atoms with Crippen molar-refractivity contribution in [3.8, 4) is 0 Å². The topological polar surface area (TPSA) is 34.0 Å². The van der Waals surface area contributed by atoms with Gasteiger partial charge in [-0.25, -0.2) is 0 Å². The Morgan fingerprint density at radius 2 is 1.80 bits per heavy atom. The molecular weight excluding hydrogens is 368 g/mol. The third kappa shape index (κ3) is 7.62. The molecule has 0 aromatic heterocycles. The highest BCUT2D eigenvalue weighted by molar-refractivity contribution is 5.93. The summed E-state index contributed by atoms with van der Waals surface area (Å²) in [6, 6.07) is 17.3. The molecule has 2 aromatic rings. The van der Waals surface area contributed by atoms with E-state index in [0.717, 1.165) is 36.8 Å². The summed E-state index contributed by atoms with van der Waals surface area (Å²) >= 11 is 0. The largest absolute Gasteiger partial charge is 0.472 e. The van der Waals surface area contributed by atoms with Crippen LogP contribution < -0.4 is 0 Å². The first-order valence-corrected chi connectivity index (χ1v) is 10.8.